The Balaban J connectivity index is 1.91. The van der Waals surface area contributed by atoms with Gasteiger partial charge in [-0.3, -0.25) is 9.59 Å². The number of hydrogen-bond donors (Lipinski definition) is 2. The number of carbonyl (C=O) groups excluding carboxylic acids is 2. The molecule has 0 unspecified atom stereocenters. The highest BCUT2D eigenvalue weighted by Crippen LogP contribution is 2.22. The lowest BCUT2D eigenvalue weighted by atomic mass is 10.2. The maximum atomic E-state index is 13.5. The smallest absolute Gasteiger partial charge is 0.255 e. The van der Waals surface area contributed by atoms with E-state index < -0.39 is 34.8 Å². The van der Waals surface area contributed by atoms with Crippen LogP contribution in [0.25, 0.3) is 0 Å². The van der Waals surface area contributed by atoms with Crippen molar-refractivity contribution in [3.63, 3.8) is 0 Å². The summed E-state index contributed by atoms with van der Waals surface area (Å²) >= 11 is 5.84. The zero-order valence-electron chi connectivity index (χ0n) is 13.5. The van der Waals surface area contributed by atoms with E-state index >= 15 is 0 Å². The monoisotopic (exact) mass is 386 g/mol. The Hall–Kier alpha value is -2.74. The Morgan fingerprint density at radius 3 is 2.19 bits per heavy atom. The highest BCUT2D eigenvalue weighted by molar-refractivity contribution is 6.31. The molecule has 0 radical (unpaired) electrons. The second kappa shape index (κ2) is 8.57. The molecule has 0 bridgehead atoms. The fourth-order valence-corrected chi connectivity index (χ4v) is 2.27. The van der Waals surface area contributed by atoms with Gasteiger partial charge in [0.1, 0.15) is 5.75 Å². The van der Waals surface area contributed by atoms with Crippen molar-refractivity contribution in [1.29, 1.82) is 0 Å². The number of nitrogens with one attached hydrogen (secondary N) is 2. The quantitative estimate of drug-likeness (QED) is 0.592. The number of methoxy groups -OCH3 is 1. The predicted octanol–water partition coefficient (Wildman–Crippen LogP) is 2.93. The molecule has 2 amide bonds. The highest BCUT2D eigenvalue weighted by atomic mass is 35.5. The number of hydrogen-bond acceptors (Lipinski definition) is 3. The van der Waals surface area contributed by atoms with Gasteiger partial charge < -0.3 is 15.4 Å². The van der Waals surface area contributed by atoms with E-state index in [-0.39, 0.29) is 18.7 Å². The molecule has 9 heteroatoms. The summed E-state index contributed by atoms with van der Waals surface area (Å²) in [7, 11) is 1.40. The molecule has 2 N–H and O–H groups in total. The van der Waals surface area contributed by atoms with Gasteiger partial charge in [-0.05, 0) is 30.3 Å². The van der Waals surface area contributed by atoms with Crippen molar-refractivity contribution in [2.75, 3.05) is 20.2 Å². The van der Waals surface area contributed by atoms with Crippen LogP contribution in [-0.2, 0) is 0 Å². The van der Waals surface area contributed by atoms with Crippen molar-refractivity contribution in [1.82, 2.24) is 10.6 Å². The van der Waals surface area contributed by atoms with Gasteiger partial charge in [0.15, 0.2) is 17.5 Å². The molecule has 5 nitrogen and oxygen atoms in total. The molecule has 0 atom stereocenters. The average Bonchev–Trinajstić information content (AvgIpc) is 2.63. The van der Waals surface area contributed by atoms with Crippen molar-refractivity contribution in [2.45, 2.75) is 0 Å². The second-order valence-electron chi connectivity index (χ2n) is 5.08. The summed E-state index contributed by atoms with van der Waals surface area (Å²) in [5, 5.41) is 5.16. The van der Waals surface area contributed by atoms with Gasteiger partial charge in [0.05, 0.1) is 18.2 Å². The molecule has 0 fully saturated rings. The number of rotatable bonds is 6. The van der Waals surface area contributed by atoms with Crippen LogP contribution in [0.1, 0.15) is 20.7 Å². The molecule has 138 valence electrons. The summed E-state index contributed by atoms with van der Waals surface area (Å²) < 4.78 is 44.6. The van der Waals surface area contributed by atoms with Crippen LogP contribution in [-0.4, -0.2) is 32.0 Å². The summed E-state index contributed by atoms with van der Waals surface area (Å²) in [6.07, 6.45) is 0. The standard InChI is InChI=1S/C17H14ClF3N2O3/c1-26-13-5-2-9(18)8-11(13)17(25)23-7-6-22-16(24)10-3-4-12(19)15(21)14(10)20/h2-5,8H,6-7H2,1H3,(H,22,24)(H,23,25). The molecule has 0 aliphatic rings. The van der Waals surface area contributed by atoms with Gasteiger partial charge in [-0.1, -0.05) is 11.6 Å². The molecular formula is C17H14ClF3N2O3. The third-order valence-electron chi connectivity index (χ3n) is 3.38. The van der Waals surface area contributed by atoms with E-state index in [1.54, 1.807) is 6.07 Å². The fourth-order valence-electron chi connectivity index (χ4n) is 2.10. The first-order chi connectivity index (χ1) is 12.3. The molecule has 0 aliphatic carbocycles. The van der Waals surface area contributed by atoms with E-state index in [2.05, 4.69) is 10.6 Å². The van der Waals surface area contributed by atoms with Crippen LogP contribution in [0.2, 0.25) is 5.02 Å². The lowest BCUT2D eigenvalue weighted by Gasteiger charge is -2.10. The first-order valence-corrected chi connectivity index (χ1v) is 7.76. The van der Waals surface area contributed by atoms with Gasteiger partial charge in [0, 0.05) is 18.1 Å². The van der Waals surface area contributed by atoms with Crippen molar-refractivity contribution >= 4 is 23.4 Å². The first kappa shape index (κ1) is 19.6. The normalized spacial score (nSPS) is 10.3. The summed E-state index contributed by atoms with van der Waals surface area (Å²) in [4.78, 5) is 23.9. The zero-order chi connectivity index (χ0) is 19.3. The van der Waals surface area contributed by atoms with Crippen molar-refractivity contribution < 1.29 is 27.5 Å². The molecule has 0 saturated heterocycles. The molecule has 26 heavy (non-hydrogen) atoms. The van der Waals surface area contributed by atoms with E-state index in [1.165, 1.54) is 19.2 Å². The van der Waals surface area contributed by atoms with Crippen LogP contribution in [0.15, 0.2) is 30.3 Å². The van der Waals surface area contributed by atoms with E-state index in [1.807, 2.05) is 0 Å². The molecule has 0 aromatic heterocycles. The van der Waals surface area contributed by atoms with Crippen LogP contribution in [0.5, 0.6) is 5.75 Å². The highest BCUT2D eigenvalue weighted by Gasteiger charge is 2.18. The maximum absolute atomic E-state index is 13.5. The zero-order valence-corrected chi connectivity index (χ0v) is 14.3. The topological polar surface area (TPSA) is 67.4 Å². The lowest BCUT2D eigenvalue weighted by Crippen LogP contribution is -2.35. The van der Waals surface area contributed by atoms with Gasteiger partial charge in [-0.15, -0.1) is 0 Å². The van der Waals surface area contributed by atoms with Gasteiger partial charge in [-0.25, -0.2) is 13.2 Å². The third kappa shape index (κ3) is 4.45. The van der Waals surface area contributed by atoms with Crippen molar-refractivity contribution in [2.24, 2.45) is 0 Å². The molecule has 0 saturated carbocycles. The molecule has 0 heterocycles. The summed E-state index contributed by atoms with van der Waals surface area (Å²) in [5.41, 5.74) is -0.426. The average molecular weight is 387 g/mol. The van der Waals surface area contributed by atoms with Gasteiger partial charge in [0.25, 0.3) is 11.8 Å². The van der Waals surface area contributed by atoms with Gasteiger partial charge in [0.2, 0.25) is 0 Å². The Kier molecular flexibility index (Phi) is 6.46. The molecule has 2 aromatic carbocycles. The van der Waals surface area contributed by atoms with Crippen LogP contribution in [0.3, 0.4) is 0 Å². The Morgan fingerprint density at radius 2 is 1.58 bits per heavy atom. The number of amides is 2. The minimum atomic E-state index is -1.72. The van der Waals surface area contributed by atoms with Gasteiger partial charge >= 0.3 is 0 Å². The van der Waals surface area contributed by atoms with Crippen molar-refractivity contribution in [3.8, 4) is 5.75 Å². The van der Waals surface area contributed by atoms with E-state index in [4.69, 9.17) is 16.3 Å². The van der Waals surface area contributed by atoms with Crippen molar-refractivity contribution in [3.05, 3.63) is 63.9 Å². The third-order valence-corrected chi connectivity index (χ3v) is 3.62. The van der Waals surface area contributed by atoms with E-state index in [0.717, 1.165) is 6.07 Å². The maximum Gasteiger partial charge on any atom is 0.255 e. The minimum Gasteiger partial charge on any atom is -0.496 e. The molecule has 0 spiro atoms. The fraction of sp³-hybridized carbons (Fsp3) is 0.176. The number of ether oxygens (including phenoxy) is 1. The SMILES string of the molecule is COc1ccc(Cl)cc1C(=O)NCCNC(=O)c1ccc(F)c(F)c1F. The molecule has 2 aromatic rings. The van der Waals surface area contributed by atoms with E-state index in [9.17, 15) is 22.8 Å². The van der Waals surface area contributed by atoms with Crippen LogP contribution < -0.4 is 15.4 Å². The van der Waals surface area contributed by atoms with Crippen LogP contribution in [0.4, 0.5) is 13.2 Å². The summed E-state index contributed by atoms with van der Waals surface area (Å²) in [6, 6.07) is 6.00. The summed E-state index contributed by atoms with van der Waals surface area (Å²) in [6.45, 7) is -0.0581. The minimum absolute atomic E-state index is 0.00549. The van der Waals surface area contributed by atoms with Crippen LogP contribution in [0, 0.1) is 17.5 Å². The molecule has 0 aliphatic heterocycles. The predicted molar refractivity (Wildman–Crippen MR) is 89.0 cm³/mol. The van der Waals surface area contributed by atoms with E-state index in [0.29, 0.717) is 16.8 Å². The number of carbonyl (C=O) groups is 2. The Bertz CT molecular complexity index is 846. The largest absolute Gasteiger partial charge is 0.496 e. The Morgan fingerprint density at radius 1 is 0.962 bits per heavy atom. The number of benzene rings is 2. The molecule has 2 rings (SSSR count). The first-order valence-electron chi connectivity index (χ1n) is 7.38. The second-order valence-corrected chi connectivity index (χ2v) is 5.52. The lowest BCUT2D eigenvalue weighted by molar-refractivity contribution is 0.0923. The van der Waals surface area contributed by atoms with Gasteiger partial charge in [-0.2, -0.15) is 0 Å². The number of halogens is 4. The van der Waals surface area contributed by atoms with Crippen LogP contribution >= 0.6 is 11.6 Å². The molecular weight excluding hydrogens is 373 g/mol. The summed E-state index contributed by atoms with van der Waals surface area (Å²) in [5.74, 6) is -5.79. The Labute approximate surface area is 152 Å².